The average Bonchev–Trinajstić information content (AvgIpc) is 2.60. The zero-order valence-electron chi connectivity index (χ0n) is 10.9. The van der Waals surface area contributed by atoms with Crippen LogP contribution in [0.4, 0.5) is 0 Å². The largest absolute Gasteiger partial charge is 0.494 e. The van der Waals surface area contributed by atoms with Gasteiger partial charge in [-0.2, -0.15) is 0 Å². The molecule has 1 rings (SSSR count). The first-order valence-corrected chi connectivity index (χ1v) is 6.06. The molecule has 1 aliphatic heterocycles. The van der Waals surface area contributed by atoms with E-state index < -0.39 is 0 Å². The van der Waals surface area contributed by atoms with Crippen LogP contribution in [0.1, 0.15) is 47.5 Å². The van der Waals surface area contributed by atoms with Gasteiger partial charge in [-0.15, -0.1) is 0 Å². The molecule has 0 radical (unpaired) electrons. The minimum absolute atomic E-state index is 0.0749. The van der Waals surface area contributed by atoms with E-state index in [9.17, 15) is 4.79 Å². The number of esters is 1. The van der Waals surface area contributed by atoms with Crippen molar-refractivity contribution in [1.29, 1.82) is 0 Å². The lowest BCUT2D eigenvalue weighted by Gasteiger charge is -2.13. The molecule has 3 nitrogen and oxygen atoms in total. The molecule has 92 valence electrons. The Hall–Kier alpha value is -0.990. The molecule has 1 atom stereocenters. The summed E-state index contributed by atoms with van der Waals surface area (Å²) in [7, 11) is 0. The van der Waals surface area contributed by atoms with Crippen LogP contribution in [0.25, 0.3) is 0 Å². The maximum Gasteiger partial charge on any atom is 0.337 e. The van der Waals surface area contributed by atoms with Gasteiger partial charge in [0.2, 0.25) is 0 Å². The second-order valence-electron chi connectivity index (χ2n) is 4.80. The number of ether oxygens (including phenoxy) is 2. The predicted octanol–water partition coefficient (Wildman–Crippen LogP) is 3.05. The van der Waals surface area contributed by atoms with E-state index in [1.54, 1.807) is 0 Å². The fraction of sp³-hybridized carbons (Fsp3) is 0.769. The molecule has 0 fully saturated rings. The highest BCUT2D eigenvalue weighted by atomic mass is 16.5. The van der Waals surface area contributed by atoms with E-state index in [0.717, 1.165) is 17.8 Å². The van der Waals surface area contributed by atoms with Crippen molar-refractivity contribution in [2.45, 2.75) is 59.7 Å². The molecule has 1 unspecified atom stereocenters. The van der Waals surface area contributed by atoms with Crippen molar-refractivity contribution in [3.05, 3.63) is 11.3 Å². The summed E-state index contributed by atoms with van der Waals surface area (Å²) in [5, 5.41) is 0. The van der Waals surface area contributed by atoms with E-state index in [1.165, 1.54) is 0 Å². The first-order valence-electron chi connectivity index (χ1n) is 6.06. The predicted molar refractivity (Wildman–Crippen MR) is 62.9 cm³/mol. The van der Waals surface area contributed by atoms with E-state index in [4.69, 9.17) is 9.47 Å². The minimum Gasteiger partial charge on any atom is -0.494 e. The topological polar surface area (TPSA) is 35.5 Å². The smallest absolute Gasteiger partial charge is 0.337 e. The molecule has 3 heteroatoms. The maximum atomic E-state index is 11.9. The Balaban J connectivity index is 2.80. The Morgan fingerprint density at radius 2 is 2.06 bits per heavy atom. The van der Waals surface area contributed by atoms with Crippen LogP contribution in [0.2, 0.25) is 0 Å². The third-order valence-corrected chi connectivity index (χ3v) is 2.59. The summed E-state index contributed by atoms with van der Waals surface area (Å²) in [5.74, 6) is 0.846. The van der Waals surface area contributed by atoms with Crippen LogP contribution in [0.5, 0.6) is 0 Å². The highest BCUT2D eigenvalue weighted by Gasteiger charge is 2.31. The van der Waals surface area contributed by atoms with Gasteiger partial charge in [-0.25, -0.2) is 4.79 Å². The number of allylic oxidation sites excluding steroid dienone is 1. The van der Waals surface area contributed by atoms with Crippen LogP contribution in [0, 0.1) is 5.92 Å². The Labute approximate surface area is 97.8 Å². The summed E-state index contributed by atoms with van der Waals surface area (Å²) >= 11 is 0. The van der Waals surface area contributed by atoms with Gasteiger partial charge in [0.25, 0.3) is 0 Å². The summed E-state index contributed by atoms with van der Waals surface area (Å²) in [4.78, 5) is 11.9. The molecule has 0 aromatic carbocycles. The third-order valence-electron chi connectivity index (χ3n) is 2.59. The van der Waals surface area contributed by atoms with E-state index in [-0.39, 0.29) is 24.1 Å². The normalized spacial score (nSPS) is 20.6. The van der Waals surface area contributed by atoms with Crippen molar-refractivity contribution in [3.63, 3.8) is 0 Å². The lowest BCUT2D eigenvalue weighted by molar-refractivity contribution is -0.142. The maximum absolute atomic E-state index is 11.9. The van der Waals surface area contributed by atoms with E-state index in [0.29, 0.717) is 6.42 Å². The van der Waals surface area contributed by atoms with Crippen LogP contribution < -0.4 is 0 Å². The molecule has 0 N–H and O–H groups in total. The molecule has 0 bridgehead atoms. The van der Waals surface area contributed by atoms with Gasteiger partial charge < -0.3 is 9.47 Å². The average molecular weight is 226 g/mol. The van der Waals surface area contributed by atoms with Gasteiger partial charge in [0.1, 0.15) is 11.9 Å². The minimum atomic E-state index is -0.213. The lowest BCUT2D eigenvalue weighted by atomic mass is 10.0. The second kappa shape index (κ2) is 5.37. The molecule has 0 aromatic heterocycles. The number of rotatable bonds is 4. The van der Waals surface area contributed by atoms with Crippen molar-refractivity contribution in [3.8, 4) is 0 Å². The Morgan fingerprint density at radius 3 is 2.50 bits per heavy atom. The highest BCUT2D eigenvalue weighted by Crippen LogP contribution is 2.32. The number of carbonyl (C=O) groups is 1. The molecule has 0 aromatic rings. The van der Waals surface area contributed by atoms with Gasteiger partial charge in [0.05, 0.1) is 11.7 Å². The second-order valence-corrected chi connectivity index (χ2v) is 4.80. The summed E-state index contributed by atoms with van der Waals surface area (Å²) in [5.41, 5.74) is 0.732. The molecule has 0 saturated heterocycles. The molecular formula is C13H22O3. The zero-order chi connectivity index (χ0) is 12.3. The van der Waals surface area contributed by atoms with Crippen molar-refractivity contribution < 1.29 is 14.3 Å². The van der Waals surface area contributed by atoms with Crippen molar-refractivity contribution >= 4 is 5.97 Å². The van der Waals surface area contributed by atoms with Gasteiger partial charge in [0, 0.05) is 12.3 Å². The van der Waals surface area contributed by atoms with E-state index in [1.807, 2.05) is 27.7 Å². The molecule has 16 heavy (non-hydrogen) atoms. The number of carbonyl (C=O) groups excluding carboxylic acids is 1. The molecule has 1 aliphatic rings. The van der Waals surface area contributed by atoms with Crippen LogP contribution in [0.3, 0.4) is 0 Å². The Kier molecular flexibility index (Phi) is 4.39. The van der Waals surface area contributed by atoms with Crippen molar-refractivity contribution in [1.82, 2.24) is 0 Å². The van der Waals surface area contributed by atoms with E-state index >= 15 is 0 Å². The summed E-state index contributed by atoms with van der Waals surface area (Å²) in [6.07, 6.45) is 1.69. The van der Waals surface area contributed by atoms with Crippen LogP contribution >= 0.6 is 0 Å². The summed E-state index contributed by atoms with van der Waals surface area (Å²) in [6, 6.07) is 0. The molecule has 0 spiro atoms. The quantitative estimate of drug-likeness (QED) is 0.691. The highest BCUT2D eigenvalue weighted by molar-refractivity contribution is 5.89. The molecule has 0 aliphatic carbocycles. The van der Waals surface area contributed by atoms with Gasteiger partial charge in [-0.1, -0.05) is 20.8 Å². The Morgan fingerprint density at radius 1 is 1.44 bits per heavy atom. The van der Waals surface area contributed by atoms with Gasteiger partial charge in [-0.3, -0.25) is 0 Å². The van der Waals surface area contributed by atoms with Gasteiger partial charge in [-0.05, 0) is 20.3 Å². The van der Waals surface area contributed by atoms with Gasteiger partial charge >= 0.3 is 5.97 Å². The molecular weight excluding hydrogens is 204 g/mol. The first kappa shape index (κ1) is 13.1. The summed E-state index contributed by atoms with van der Waals surface area (Å²) < 4.78 is 11.0. The fourth-order valence-corrected chi connectivity index (χ4v) is 1.80. The number of hydrogen-bond acceptors (Lipinski definition) is 3. The standard InChI is InChI=1S/C13H22O3/c1-6-10-7-11(12(16-10)8(2)3)13(14)15-9(4)5/h8-10H,6-7H2,1-5H3. The molecule has 0 amide bonds. The third kappa shape index (κ3) is 3.00. The SMILES string of the molecule is CCC1CC(C(=O)OC(C)C)=C(C(C)C)O1. The monoisotopic (exact) mass is 226 g/mol. The van der Waals surface area contributed by atoms with Crippen LogP contribution in [-0.4, -0.2) is 18.2 Å². The Bertz CT molecular complexity index is 290. The fourth-order valence-electron chi connectivity index (χ4n) is 1.80. The van der Waals surface area contributed by atoms with Crippen molar-refractivity contribution in [2.75, 3.05) is 0 Å². The first-order chi connectivity index (χ1) is 7.45. The molecule has 0 saturated carbocycles. The molecule has 1 heterocycles. The zero-order valence-corrected chi connectivity index (χ0v) is 10.9. The van der Waals surface area contributed by atoms with Crippen LogP contribution in [0.15, 0.2) is 11.3 Å². The van der Waals surface area contributed by atoms with E-state index in [2.05, 4.69) is 6.92 Å². The van der Waals surface area contributed by atoms with Gasteiger partial charge in [0.15, 0.2) is 0 Å². The lowest BCUT2D eigenvalue weighted by Crippen LogP contribution is -2.15. The van der Waals surface area contributed by atoms with Crippen LogP contribution in [-0.2, 0) is 14.3 Å². The summed E-state index contributed by atoms with van der Waals surface area (Å²) in [6.45, 7) is 9.87. The van der Waals surface area contributed by atoms with Crippen molar-refractivity contribution in [2.24, 2.45) is 5.92 Å². The number of hydrogen-bond donors (Lipinski definition) is 0.